The number of hydrogen-bond donors (Lipinski definition) is 0. The summed E-state index contributed by atoms with van der Waals surface area (Å²) in [5.41, 5.74) is 1.44. The Balaban J connectivity index is 1.84. The lowest BCUT2D eigenvalue weighted by Gasteiger charge is -2.17. The SMILES string of the molecule is COc1cc(COC2=CC(=O)c3ccccc3C2=O)cc(OC)c1OC. The number of Topliss-reactive ketones (excluding diaryl/α,β-unsaturated/α-hetero) is 1. The van der Waals surface area contributed by atoms with E-state index in [2.05, 4.69) is 0 Å². The van der Waals surface area contributed by atoms with Gasteiger partial charge in [0.2, 0.25) is 11.5 Å². The molecule has 6 nitrogen and oxygen atoms in total. The fourth-order valence-corrected chi connectivity index (χ4v) is 2.78. The largest absolute Gasteiger partial charge is 0.493 e. The molecule has 0 spiro atoms. The van der Waals surface area contributed by atoms with Gasteiger partial charge in [-0.3, -0.25) is 9.59 Å². The zero-order chi connectivity index (χ0) is 18.7. The van der Waals surface area contributed by atoms with E-state index in [9.17, 15) is 9.59 Å². The van der Waals surface area contributed by atoms with Crippen LogP contribution >= 0.6 is 0 Å². The summed E-state index contributed by atoms with van der Waals surface area (Å²) in [6.45, 7) is 0.0731. The van der Waals surface area contributed by atoms with Crippen molar-refractivity contribution >= 4 is 11.6 Å². The molecule has 3 rings (SSSR count). The monoisotopic (exact) mass is 354 g/mol. The summed E-state index contributed by atoms with van der Waals surface area (Å²) in [6, 6.07) is 10.1. The van der Waals surface area contributed by atoms with Crippen molar-refractivity contribution in [3.05, 3.63) is 64.9 Å². The third kappa shape index (κ3) is 3.13. The number of rotatable bonds is 6. The minimum absolute atomic E-state index is 0.0162. The summed E-state index contributed by atoms with van der Waals surface area (Å²) >= 11 is 0. The first-order valence-electron chi connectivity index (χ1n) is 7.90. The van der Waals surface area contributed by atoms with Crippen LogP contribution in [0.25, 0.3) is 0 Å². The molecule has 1 aliphatic rings. The lowest BCUT2D eigenvalue weighted by molar-refractivity contribution is 0.0870. The second kappa shape index (κ2) is 7.31. The molecule has 0 radical (unpaired) electrons. The Bertz CT molecular complexity index is 872. The summed E-state index contributed by atoms with van der Waals surface area (Å²) in [5, 5.41) is 0. The second-order valence-corrected chi connectivity index (χ2v) is 5.57. The summed E-state index contributed by atoms with van der Waals surface area (Å²) in [7, 11) is 4.56. The van der Waals surface area contributed by atoms with Gasteiger partial charge in [0.15, 0.2) is 23.0 Å². The molecule has 0 amide bonds. The van der Waals surface area contributed by atoms with Crippen LogP contribution in [0.2, 0.25) is 0 Å². The predicted octanol–water partition coefficient (Wildman–Crippen LogP) is 3.19. The molecule has 0 N–H and O–H groups in total. The number of ether oxygens (including phenoxy) is 4. The molecule has 0 saturated heterocycles. The van der Waals surface area contributed by atoms with Crippen molar-refractivity contribution in [1.82, 2.24) is 0 Å². The van der Waals surface area contributed by atoms with E-state index >= 15 is 0 Å². The Morgan fingerprint density at radius 2 is 1.46 bits per heavy atom. The van der Waals surface area contributed by atoms with Crippen molar-refractivity contribution in [3.8, 4) is 17.2 Å². The molecule has 26 heavy (non-hydrogen) atoms. The molecular formula is C20H18O6. The third-order valence-corrected chi connectivity index (χ3v) is 4.04. The summed E-state index contributed by atoms with van der Waals surface area (Å²) in [6.07, 6.45) is 1.22. The van der Waals surface area contributed by atoms with Gasteiger partial charge in [0.1, 0.15) is 6.61 Å². The number of allylic oxidation sites excluding steroid dienone is 2. The van der Waals surface area contributed by atoms with Crippen molar-refractivity contribution in [1.29, 1.82) is 0 Å². The van der Waals surface area contributed by atoms with Crippen molar-refractivity contribution < 1.29 is 28.5 Å². The van der Waals surface area contributed by atoms with Crippen LogP contribution in [0.1, 0.15) is 26.3 Å². The Morgan fingerprint density at radius 1 is 0.846 bits per heavy atom. The maximum atomic E-state index is 12.5. The van der Waals surface area contributed by atoms with Gasteiger partial charge in [-0.25, -0.2) is 0 Å². The smallest absolute Gasteiger partial charge is 0.228 e. The van der Waals surface area contributed by atoms with Crippen LogP contribution in [0.4, 0.5) is 0 Å². The molecule has 0 aromatic heterocycles. The molecule has 0 bridgehead atoms. The van der Waals surface area contributed by atoms with Gasteiger partial charge in [-0.1, -0.05) is 24.3 Å². The predicted molar refractivity (Wildman–Crippen MR) is 94.1 cm³/mol. The highest BCUT2D eigenvalue weighted by Crippen LogP contribution is 2.38. The van der Waals surface area contributed by atoms with E-state index in [0.717, 1.165) is 0 Å². The first-order chi connectivity index (χ1) is 12.6. The van der Waals surface area contributed by atoms with E-state index in [0.29, 0.717) is 33.9 Å². The summed E-state index contributed by atoms with van der Waals surface area (Å²) < 4.78 is 21.5. The maximum Gasteiger partial charge on any atom is 0.228 e. The molecule has 0 atom stereocenters. The second-order valence-electron chi connectivity index (χ2n) is 5.57. The van der Waals surface area contributed by atoms with Crippen LogP contribution in [-0.4, -0.2) is 32.9 Å². The van der Waals surface area contributed by atoms with Gasteiger partial charge in [0.25, 0.3) is 0 Å². The lowest BCUT2D eigenvalue weighted by atomic mass is 9.94. The molecule has 2 aromatic carbocycles. The van der Waals surface area contributed by atoms with E-state index in [1.54, 1.807) is 36.4 Å². The van der Waals surface area contributed by atoms with Crippen LogP contribution in [0.15, 0.2) is 48.2 Å². The van der Waals surface area contributed by atoms with Crippen LogP contribution < -0.4 is 14.2 Å². The number of ketones is 2. The van der Waals surface area contributed by atoms with Crippen LogP contribution in [-0.2, 0) is 11.3 Å². The van der Waals surface area contributed by atoms with E-state index in [1.165, 1.54) is 27.4 Å². The molecule has 0 fully saturated rings. The van der Waals surface area contributed by atoms with Gasteiger partial charge >= 0.3 is 0 Å². The van der Waals surface area contributed by atoms with Gasteiger partial charge in [-0.2, -0.15) is 0 Å². The average Bonchev–Trinajstić information content (AvgIpc) is 2.68. The lowest BCUT2D eigenvalue weighted by Crippen LogP contribution is -2.18. The highest BCUT2D eigenvalue weighted by Gasteiger charge is 2.26. The zero-order valence-electron chi connectivity index (χ0n) is 14.7. The summed E-state index contributed by atoms with van der Waals surface area (Å²) in [5.74, 6) is 0.887. The number of hydrogen-bond acceptors (Lipinski definition) is 6. The molecule has 1 aliphatic carbocycles. The Kier molecular flexibility index (Phi) is 4.93. The Morgan fingerprint density at radius 3 is 2.04 bits per heavy atom. The fourth-order valence-electron chi connectivity index (χ4n) is 2.78. The molecule has 0 heterocycles. The van der Waals surface area contributed by atoms with Crippen molar-refractivity contribution in [2.45, 2.75) is 6.61 Å². The van der Waals surface area contributed by atoms with Crippen molar-refractivity contribution in [2.75, 3.05) is 21.3 Å². The molecule has 0 saturated carbocycles. The van der Waals surface area contributed by atoms with Gasteiger partial charge in [-0.05, 0) is 17.7 Å². The Hall–Kier alpha value is -3.28. The molecule has 0 unspecified atom stereocenters. The van der Waals surface area contributed by atoms with E-state index in [-0.39, 0.29) is 23.9 Å². The van der Waals surface area contributed by atoms with Crippen molar-refractivity contribution in [2.24, 2.45) is 0 Å². The minimum atomic E-state index is -0.312. The van der Waals surface area contributed by atoms with E-state index < -0.39 is 0 Å². The molecule has 134 valence electrons. The maximum absolute atomic E-state index is 12.5. The number of fused-ring (bicyclic) bond motifs is 1. The highest BCUT2D eigenvalue weighted by atomic mass is 16.5. The van der Waals surface area contributed by atoms with Gasteiger partial charge in [-0.15, -0.1) is 0 Å². The number of carbonyl (C=O) groups is 2. The first-order valence-corrected chi connectivity index (χ1v) is 7.90. The fraction of sp³-hybridized carbons (Fsp3) is 0.200. The molecular weight excluding hydrogens is 336 g/mol. The Labute approximate surface area is 150 Å². The first kappa shape index (κ1) is 17.5. The van der Waals surface area contributed by atoms with E-state index in [1.807, 2.05) is 0 Å². The van der Waals surface area contributed by atoms with Crippen LogP contribution in [0, 0.1) is 0 Å². The van der Waals surface area contributed by atoms with Crippen LogP contribution in [0.3, 0.4) is 0 Å². The standard InChI is InChI=1S/C20H18O6/c1-23-17-8-12(9-18(24-2)20(17)25-3)11-26-16-10-15(21)13-6-4-5-7-14(13)19(16)22/h4-10H,11H2,1-3H3. The average molecular weight is 354 g/mol. The zero-order valence-corrected chi connectivity index (χ0v) is 14.7. The van der Waals surface area contributed by atoms with Gasteiger partial charge < -0.3 is 18.9 Å². The third-order valence-electron chi connectivity index (χ3n) is 4.04. The number of methoxy groups -OCH3 is 3. The summed E-state index contributed by atoms with van der Waals surface area (Å²) in [4.78, 5) is 24.7. The number of carbonyl (C=O) groups excluding carboxylic acids is 2. The molecule has 6 heteroatoms. The van der Waals surface area contributed by atoms with Gasteiger partial charge in [0, 0.05) is 17.2 Å². The number of benzene rings is 2. The topological polar surface area (TPSA) is 71.1 Å². The minimum Gasteiger partial charge on any atom is -0.493 e. The van der Waals surface area contributed by atoms with Crippen LogP contribution in [0.5, 0.6) is 17.2 Å². The highest BCUT2D eigenvalue weighted by molar-refractivity contribution is 6.23. The normalized spacial score (nSPS) is 13.0. The molecule has 2 aromatic rings. The van der Waals surface area contributed by atoms with Crippen molar-refractivity contribution in [3.63, 3.8) is 0 Å². The molecule has 0 aliphatic heterocycles. The van der Waals surface area contributed by atoms with E-state index in [4.69, 9.17) is 18.9 Å². The van der Waals surface area contributed by atoms with Gasteiger partial charge in [0.05, 0.1) is 21.3 Å². The quantitative estimate of drug-likeness (QED) is 0.793.